The van der Waals surface area contributed by atoms with Gasteiger partial charge >= 0.3 is 5.97 Å². The molecule has 38 heteroatoms. The smallest absolute Gasteiger partial charge is 0.326 e. The number of carbonyl (C=O) groups excluding carboxylic acids is 6. The van der Waals surface area contributed by atoms with Gasteiger partial charge in [0.05, 0.1) is 40.3 Å². The maximum atomic E-state index is 14.9. The molecule has 1 unspecified atom stereocenters. The van der Waals surface area contributed by atoms with Crippen molar-refractivity contribution in [2.75, 3.05) is 39.3 Å². The topological polar surface area (TPSA) is 688 Å². The SMILES string of the molecule is CCC1=C(C)C2=NC1=CC1=C(C)C3=C(O)CC(=C4NC(=CC5=NC(=C2)C(C(C)O)=C5C)[C@@H](C)[C@@H]4CCC(=O)N[C@@H](CCCN=C(N)N)C(=O)N[C@@H](CCCN=C(N)N)C(=O)N[C@@H](CCCN=C(N)N)C(=O)N[C@@H](CCCN=C(N)N)C(=O)N[C@@H](CCCN=C(N)N)C(=O)N[C@@H](CCCN=C(N)N)C(=O)O)C3=N1. The third-order valence-corrected chi connectivity index (χ3v) is 18.7. The number of carboxylic acids is 1. The van der Waals surface area contributed by atoms with Gasteiger partial charge in [0, 0.05) is 92.1 Å². The lowest BCUT2D eigenvalue weighted by Gasteiger charge is -2.27. The van der Waals surface area contributed by atoms with Crippen LogP contribution in [0.25, 0.3) is 0 Å². The van der Waals surface area contributed by atoms with Gasteiger partial charge in [0.1, 0.15) is 42.0 Å². The lowest BCUT2D eigenvalue weighted by Crippen LogP contribution is -2.59. The van der Waals surface area contributed by atoms with Gasteiger partial charge in [-0.05, 0) is 158 Å². The van der Waals surface area contributed by atoms with Crippen LogP contribution in [0.3, 0.4) is 0 Å². The van der Waals surface area contributed by atoms with Crippen LogP contribution in [-0.2, 0) is 33.6 Å². The summed E-state index contributed by atoms with van der Waals surface area (Å²) in [6.45, 7) is 11.6. The molecule has 107 heavy (non-hydrogen) atoms. The predicted molar refractivity (Wildman–Crippen MR) is 412 cm³/mol. The molecule has 0 aromatic carbocycles. The normalized spacial score (nSPS) is 18.2. The number of aliphatic hydroxyl groups excluding tert-OH is 2. The fraction of sp³-hybridized carbons (Fsp3) is 0.536. The molecule has 34 N–H and O–H groups in total. The van der Waals surface area contributed by atoms with Gasteiger partial charge in [-0.2, -0.15) is 0 Å². The van der Waals surface area contributed by atoms with Crippen LogP contribution in [0.5, 0.6) is 0 Å². The number of aliphatic imine (C=N–C) groups is 9. The van der Waals surface area contributed by atoms with E-state index in [0.29, 0.717) is 46.1 Å². The second-order valence-corrected chi connectivity index (χ2v) is 26.7. The Morgan fingerprint density at radius 2 is 0.897 bits per heavy atom. The minimum atomic E-state index is -1.50. The number of aliphatic hydroxyl groups is 2. The zero-order valence-corrected chi connectivity index (χ0v) is 61.6. The van der Waals surface area contributed by atoms with Gasteiger partial charge in [0.25, 0.3) is 0 Å². The van der Waals surface area contributed by atoms with E-state index in [0.717, 1.165) is 45.0 Å². The standard InChI is InChI=1S/C69H108N28O10/c1-7-37-32(2)46-31-51-54(36(6)98)34(4)48(89-51)29-47-33(3)38(56(91-47)39-28-52(99)55-35(5)49(92-57(39)55)30-50(37)88-46)20-21-53(100)90-40(14-8-22-82-64(70)71)58(101)93-41(15-9-23-83-65(72)73)59(102)94-42(16-10-24-84-66(74)75)60(103)95-43(17-11-25-85-67(76)77)61(104)96-44(18-12-26-86-68(78)79)62(105)97-45(63(106)107)19-13-27-87-69(80)81/h29-31,33,36,38,40-45,91,98-99H,7-28H2,1-6H3,(H,90,100)(H,93,101)(H,94,102)(H,95,103)(H,96,104)(H,97,105)(H,106,107)(H4,70,71,82)(H4,72,73,83)(H4,74,75,84)(H4,76,77,85)(H4,78,79,86)(H4,80,81,87)/t33-,36?,38-,40-,41-,42-,43-,44-,45-/m0/s1. The number of rotatable bonds is 41. The molecule has 0 aromatic heterocycles. The van der Waals surface area contributed by atoms with Crippen molar-refractivity contribution in [3.8, 4) is 0 Å². The summed E-state index contributed by atoms with van der Waals surface area (Å²) in [6, 6.07) is -8.64. The predicted octanol–water partition coefficient (Wildman–Crippen LogP) is -2.87. The number of carboxylic acid groups (broad SMARTS) is 1. The Kier molecular flexibility index (Phi) is 31.6. The van der Waals surface area contributed by atoms with E-state index in [1.54, 1.807) is 6.92 Å². The largest absolute Gasteiger partial charge is 0.511 e. The minimum Gasteiger partial charge on any atom is -0.511 e. The third kappa shape index (κ3) is 24.5. The zero-order valence-electron chi connectivity index (χ0n) is 61.6. The van der Waals surface area contributed by atoms with Gasteiger partial charge < -0.3 is 121 Å². The summed E-state index contributed by atoms with van der Waals surface area (Å²) in [6.07, 6.45) is 5.73. The van der Waals surface area contributed by atoms with Crippen molar-refractivity contribution in [3.05, 3.63) is 91.5 Å². The van der Waals surface area contributed by atoms with Crippen LogP contribution in [0, 0.1) is 11.8 Å². The highest BCUT2D eigenvalue weighted by atomic mass is 16.4. The highest BCUT2D eigenvalue weighted by Crippen LogP contribution is 2.47. The van der Waals surface area contributed by atoms with Crippen LogP contribution < -0.4 is 106 Å². The van der Waals surface area contributed by atoms with Crippen LogP contribution in [0.1, 0.15) is 144 Å². The van der Waals surface area contributed by atoms with Gasteiger partial charge in [-0.15, -0.1) is 0 Å². The van der Waals surface area contributed by atoms with Gasteiger partial charge in [-0.3, -0.25) is 58.7 Å². The number of nitrogens with two attached hydrogens (primary N) is 12. The minimum absolute atomic E-state index is 0.00538. The van der Waals surface area contributed by atoms with E-state index in [1.807, 2.05) is 45.9 Å². The first-order valence-corrected chi connectivity index (χ1v) is 35.7. The average molecular weight is 1490 g/mol. The highest BCUT2D eigenvalue weighted by Gasteiger charge is 2.42. The van der Waals surface area contributed by atoms with Crippen molar-refractivity contribution in [2.24, 2.45) is 126 Å². The number of amides is 6. The van der Waals surface area contributed by atoms with E-state index in [4.69, 9.17) is 83.8 Å². The number of guanidine groups is 6. The van der Waals surface area contributed by atoms with Crippen molar-refractivity contribution < 1.29 is 48.9 Å². The highest BCUT2D eigenvalue weighted by molar-refractivity contribution is 6.21. The monoisotopic (exact) mass is 1490 g/mol. The van der Waals surface area contributed by atoms with E-state index in [1.165, 1.54) is 0 Å². The van der Waals surface area contributed by atoms with E-state index < -0.39 is 89.7 Å². The Morgan fingerprint density at radius 1 is 0.523 bits per heavy atom. The van der Waals surface area contributed by atoms with Crippen LogP contribution in [0.4, 0.5) is 0 Å². The first kappa shape index (κ1) is 84.3. The third-order valence-electron chi connectivity index (χ3n) is 18.7. The van der Waals surface area contributed by atoms with Gasteiger partial charge in [0.2, 0.25) is 35.4 Å². The molecule has 6 amide bonds. The molecule has 0 spiro atoms. The summed E-state index contributed by atoms with van der Waals surface area (Å²) in [5.41, 5.74) is 78.0. The molecule has 6 rings (SSSR count). The van der Waals surface area contributed by atoms with Crippen LogP contribution in [-0.4, -0.2) is 191 Å². The Labute approximate surface area is 621 Å². The fourth-order valence-corrected chi connectivity index (χ4v) is 13.2. The molecule has 1 aliphatic carbocycles. The number of fused-ring (bicyclic) bond motifs is 5. The van der Waals surface area contributed by atoms with E-state index >= 15 is 0 Å². The fourth-order valence-electron chi connectivity index (χ4n) is 13.2. The lowest BCUT2D eigenvalue weighted by molar-refractivity contribution is -0.142. The second-order valence-electron chi connectivity index (χ2n) is 26.7. The Bertz CT molecular complexity index is 3930. The van der Waals surface area contributed by atoms with Crippen molar-refractivity contribution >= 4 is 94.3 Å². The molecule has 9 atom stereocenters. The number of nitrogens with one attached hydrogen (secondary N) is 7. The Hall–Kier alpha value is -11.6. The quantitative estimate of drug-likeness (QED) is 0.0166. The Balaban J connectivity index is 1.30. The summed E-state index contributed by atoms with van der Waals surface area (Å²) in [5, 5.41) is 52.9. The van der Waals surface area contributed by atoms with Crippen LogP contribution >= 0.6 is 0 Å². The molecular weight excluding hydrogens is 1380 g/mol. The Morgan fingerprint density at radius 3 is 1.28 bits per heavy atom. The molecule has 1 fully saturated rings. The molecule has 0 aromatic rings. The molecule has 5 aliphatic heterocycles. The summed E-state index contributed by atoms with van der Waals surface area (Å²) in [7, 11) is 0. The van der Waals surface area contributed by atoms with E-state index in [9.17, 15) is 48.9 Å². The van der Waals surface area contributed by atoms with E-state index in [-0.39, 0.29) is 183 Å². The van der Waals surface area contributed by atoms with E-state index in [2.05, 4.69) is 74.1 Å². The number of nitrogens with zero attached hydrogens (tertiary/aromatic N) is 9. The number of hydrogen-bond donors (Lipinski definition) is 22. The number of carbonyl (C=O) groups is 7. The molecule has 584 valence electrons. The lowest BCUT2D eigenvalue weighted by atomic mass is 9.86. The van der Waals surface area contributed by atoms with Gasteiger partial charge in [-0.25, -0.2) is 19.8 Å². The number of allylic oxidation sites excluding steroid dienone is 11. The summed E-state index contributed by atoms with van der Waals surface area (Å²) < 4.78 is 0. The van der Waals surface area contributed by atoms with Crippen LogP contribution in [0.2, 0.25) is 0 Å². The van der Waals surface area contributed by atoms with Crippen LogP contribution in [0.15, 0.2) is 136 Å². The van der Waals surface area contributed by atoms with Crippen molar-refractivity contribution in [2.45, 2.75) is 187 Å². The van der Waals surface area contributed by atoms with Crippen molar-refractivity contribution in [3.63, 3.8) is 0 Å². The molecule has 8 bridgehead atoms. The summed E-state index contributed by atoms with van der Waals surface area (Å²) in [4.78, 5) is 140. The molecule has 6 aliphatic rings. The molecule has 0 radical (unpaired) electrons. The molecule has 5 heterocycles. The van der Waals surface area contributed by atoms with Crippen molar-refractivity contribution in [1.29, 1.82) is 0 Å². The summed E-state index contributed by atoms with van der Waals surface area (Å²) in [5.74, 6) is -8.39. The molecular formula is C69H108N28O10. The zero-order chi connectivity index (χ0) is 78.9. The summed E-state index contributed by atoms with van der Waals surface area (Å²) >= 11 is 0. The van der Waals surface area contributed by atoms with Gasteiger partial charge in [-0.1, -0.05) is 13.8 Å². The average Bonchev–Trinajstić information content (AvgIpc) is 1.58. The second kappa shape index (κ2) is 40.0. The maximum absolute atomic E-state index is 14.9. The number of aliphatic carboxylic acids is 1. The van der Waals surface area contributed by atoms with Gasteiger partial charge in [0.15, 0.2) is 35.8 Å². The first-order chi connectivity index (χ1) is 50.7. The molecule has 38 nitrogen and oxygen atoms in total. The van der Waals surface area contributed by atoms with Crippen molar-refractivity contribution in [1.82, 2.24) is 37.2 Å². The first-order valence-electron chi connectivity index (χ1n) is 35.7. The number of hydrogen-bond acceptors (Lipinski definition) is 19. The molecule has 1 saturated heterocycles. The maximum Gasteiger partial charge on any atom is 0.326 e. The molecule has 0 saturated carbocycles.